The number of halogens is 2. The molecule has 0 aliphatic carbocycles. The summed E-state index contributed by atoms with van der Waals surface area (Å²) in [4.78, 5) is 23.5. The van der Waals surface area contributed by atoms with Crippen molar-refractivity contribution in [2.24, 2.45) is 0 Å². The van der Waals surface area contributed by atoms with Crippen LogP contribution in [0.3, 0.4) is 0 Å². The molecule has 0 radical (unpaired) electrons. The van der Waals surface area contributed by atoms with E-state index in [0.29, 0.717) is 19.0 Å². The first-order valence-electron chi connectivity index (χ1n) is 8.10. The van der Waals surface area contributed by atoms with Gasteiger partial charge >= 0.3 is 0 Å². The molecule has 2 amide bonds. The first kappa shape index (κ1) is 18.6. The van der Waals surface area contributed by atoms with E-state index in [4.69, 9.17) is 0 Å². The molecule has 25 heavy (non-hydrogen) atoms. The zero-order valence-electron chi connectivity index (χ0n) is 13.7. The number of rotatable bonds is 8. The van der Waals surface area contributed by atoms with Crippen molar-refractivity contribution in [3.63, 3.8) is 0 Å². The van der Waals surface area contributed by atoms with Gasteiger partial charge in [0.25, 0.3) is 5.91 Å². The van der Waals surface area contributed by atoms with Gasteiger partial charge in [-0.1, -0.05) is 30.3 Å². The number of carbonyl (C=O) groups is 2. The first-order chi connectivity index (χ1) is 12.1. The Kier molecular flexibility index (Phi) is 7.07. The normalized spacial score (nSPS) is 10.3. The Labute approximate surface area is 145 Å². The minimum Gasteiger partial charge on any atom is -0.356 e. The Morgan fingerprint density at radius 1 is 0.920 bits per heavy atom. The average Bonchev–Trinajstić information content (AvgIpc) is 2.59. The Bertz CT molecular complexity index is 721. The molecule has 0 aliphatic rings. The number of hydrogen-bond donors (Lipinski definition) is 2. The van der Waals surface area contributed by atoms with E-state index in [2.05, 4.69) is 10.6 Å². The molecule has 0 spiro atoms. The molecular weight excluding hydrogens is 326 g/mol. The lowest BCUT2D eigenvalue weighted by molar-refractivity contribution is -0.121. The summed E-state index contributed by atoms with van der Waals surface area (Å²) >= 11 is 0. The summed E-state index contributed by atoms with van der Waals surface area (Å²) in [6.45, 7) is 0.789. The summed E-state index contributed by atoms with van der Waals surface area (Å²) in [5, 5.41) is 5.33. The van der Waals surface area contributed by atoms with Crippen molar-refractivity contribution in [3.8, 4) is 0 Å². The molecule has 132 valence electrons. The van der Waals surface area contributed by atoms with Gasteiger partial charge in [0.1, 0.15) is 11.6 Å². The minimum absolute atomic E-state index is 0.0989. The first-order valence-corrected chi connectivity index (χ1v) is 8.10. The number of hydrogen-bond acceptors (Lipinski definition) is 2. The predicted molar refractivity (Wildman–Crippen MR) is 91.1 cm³/mol. The maximum atomic E-state index is 13.5. The molecule has 0 saturated heterocycles. The van der Waals surface area contributed by atoms with Gasteiger partial charge in [0.2, 0.25) is 5.91 Å². The van der Waals surface area contributed by atoms with Crippen LogP contribution in [0.4, 0.5) is 8.78 Å². The van der Waals surface area contributed by atoms with Gasteiger partial charge in [-0.3, -0.25) is 9.59 Å². The van der Waals surface area contributed by atoms with Gasteiger partial charge in [-0.2, -0.15) is 0 Å². The third-order valence-electron chi connectivity index (χ3n) is 3.62. The van der Waals surface area contributed by atoms with E-state index in [9.17, 15) is 18.4 Å². The van der Waals surface area contributed by atoms with Crippen LogP contribution in [0.25, 0.3) is 0 Å². The number of nitrogens with one attached hydrogen (secondary N) is 2. The molecule has 2 aromatic rings. The molecule has 4 nitrogen and oxygen atoms in total. The van der Waals surface area contributed by atoms with Crippen molar-refractivity contribution in [2.45, 2.75) is 19.3 Å². The zero-order valence-corrected chi connectivity index (χ0v) is 13.7. The van der Waals surface area contributed by atoms with Crippen LogP contribution in [-0.2, 0) is 11.2 Å². The molecule has 0 heterocycles. The SMILES string of the molecule is O=C(CCCNC(=O)c1ccc(F)cc1F)NCCc1ccccc1. The highest BCUT2D eigenvalue weighted by atomic mass is 19.1. The lowest BCUT2D eigenvalue weighted by Crippen LogP contribution is -2.29. The van der Waals surface area contributed by atoms with Crippen LogP contribution in [0.15, 0.2) is 48.5 Å². The molecule has 0 fully saturated rings. The quantitative estimate of drug-likeness (QED) is 0.722. The van der Waals surface area contributed by atoms with Gasteiger partial charge < -0.3 is 10.6 Å². The van der Waals surface area contributed by atoms with Crippen molar-refractivity contribution in [2.75, 3.05) is 13.1 Å². The molecule has 0 saturated carbocycles. The lowest BCUT2D eigenvalue weighted by Gasteiger charge is -2.07. The Morgan fingerprint density at radius 3 is 2.40 bits per heavy atom. The number of carbonyl (C=O) groups excluding carboxylic acids is 2. The van der Waals surface area contributed by atoms with E-state index < -0.39 is 17.5 Å². The monoisotopic (exact) mass is 346 g/mol. The Hall–Kier alpha value is -2.76. The zero-order chi connectivity index (χ0) is 18.1. The van der Waals surface area contributed by atoms with Crippen LogP contribution in [0.1, 0.15) is 28.8 Å². The summed E-state index contributed by atoms with van der Waals surface area (Å²) in [7, 11) is 0. The Morgan fingerprint density at radius 2 is 1.68 bits per heavy atom. The summed E-state index contributed by atoms with van der Waals surface area (Å²) in [6.07, 6.45) is 1.46. The standard InChI is InChI=1S/C19H20F2N2O2/c20-15-8-9-16(17(21)13-15)19(25)23-11-4-7-18(24)22-12-10-14-5-2-1-3-6-14/h1-3,5-6,8-9,13H,4,7,10-12H2,(H,22,24)(H,23,25). The molecule has 0 bridgehead atoms. The van der Waals surface area contributed by atoms with Crippen LogP contribution < -0.4 is 10.6 Å². The second-order valence-corrected chi connectivity index (χ2v) is 5.57. The second-order valence-electron chi connectivity index (χ2n) is 5.57. The molecule has 0 unspecified atom stereocenters. The molecular formula is C19H20F2N2O2. The third-order valence-corrected chi connectivity index (χ3v) is 3.62. The smallest absolute Gasteiger partial charge is 0.254 e. The van der Waals surface area contributed by atoms with E-state index in [1.54, 1.807) is 0 Å². The van der Waals surface area contributed by atoms with Crippen LogP contribution in [0.2, 0.25) is 0 Å². The average molecular weight is 346 g/mol. The third kappa shape index (κ3) is 6.33. The van der Waals surface area contributed by atoms with E-state index in [-0.39, 0.29) is 24.4 Å². The van der Waals surface area contributed by atoms with Crippen LogP contribution in [0.5, 0.6) is 0 Å². The molecule has 2 aromatic carbocycles. The molecule has 2 N–H and O–H groups in total. The summed E-state index contributed by atoms with van der Waals surface area (Å²) in [6, 6.07) is 12.6. The maximum Gasteiger partial charge on any atom is 0.254 e. The van der Waals surface area contributed by atoms with Gasteiger partial charge in [-0.25, -0.2) is 8.78 Å². The van der Waals surface area contributed by atoms with Crippen molar-refractivity contribution >= 4 is 11.8 Å². The topological polar surface area (TPSA) is 58.2 Å². The highest BCUT2D eigenvalue weighted by molar-refractivity contribution is 5.94. The molecule has 2 rings (SSSR count). The van der Waals surface area contributed by atoms with Gasteiger partial charge in [-0.05, 0) is 30.5 Å². The van der Waals surface area contributed by atoms with Crippen LogP contribution >= 0.6 is 0 Å². The van der Waals surface area contributed by atoms with Crippen molar-refractivity contribution in [1.29, 1.82) is 0 Å². The van der Waals surface area contributed by atoms with E-state index in [1.165, 1.54) is 0 Å². The predicted octanol–water partition coefficient (Wildman–Crippen LogP) is 2.83. The number of amides is 2. The fourth-order valence-corrected chi connectivity index (χ4v) is 2.30. The molecule has 6 heteroatoms. The highest BCUT2D eigenvalue weighted by Gasteiger charge is 2.12. The number of benzene rings is 2. The van der Waals surface area contributed by atoms with Crippen molar-refractivity contribution in [3.05, 3.63) is 71.3 Å². The van der Waals surface area contributed by atoms with Gasteiger partial charge in [0, 0.05) is 25.6 Å². The molecule has 0 aromatic heterocycles. The van der Waals surface area contributed by atoms with Gasteiger partial charge in [-0.15, -0.1) is 0 Å². The van der Waals surface area contributed by atoms with Crippen LogP contribution in [0, 0.1) is 11.6 Å². The lowest BCUT2D eigenvalue weighted by atomic mass is 10.1. The maximum absolute atomic E-state index is 13.5. The fraction of sp³-hybridized carbons (Fsp3) is 0.263. The molecule has 0 atom stereocenters. The minimum atomic E-state index is -0.906. The van der Waals surface area contributed by atoms with E-state index in [1.807, 2.05) is 30.3 Å². The highest BCUT2D eigenvalue weighted by Crippen LogP contribution is 2.09. The van der Waals surface area contributed by atoms with Gasteiger partial charge in [0.05, 0.1) is 5.56 Å². The van der Waals surface area contributed by atoms with E-state index in [0.717, 1.165) is 24.1 Å². The van der Waals surface area contributed by atoms with E-state index >= 15 is 0 Å². The summed E-state index contributed by atoms with van der Waals surface area (Å²) in [5.41, 5.74) is 0.935. The Balaban J connectivity index is 1.62. The molecule has 0 aliphatic heterocycles. The second kappa shape index (κ2) is 9.52. The van der Waals surface area contributed by atoms with Crippen molar-refractivity contribution < 1.29 is 18.4 Å². The fourth-order valence-electron chi connectivity index (χ4n) is 2.30. The summed E-state index contributed by atoms with van der Waals surface area (Å²) < 4.78 is 26.3. The largest absolute Gasteiger partial charge is 0.356 e. The van der Waals surface area contributed by atoms with Gasteiger partial charge in [0.15, 0.2) is 0 Å². The van der Waals surface area contributed by atoms with Crippen LogP contribution in [-0.4, -0.2) is 24.9 Å². The van der Waals surface area contributed by atoms with Crippen molar-refractivity contribution in [1.82, 2.24) is 10.6 Å². The summed E-state index contributed by atoms with van der Waals surface area (Å²) in [5.74, 6) is -2.36.